The van der Waals surface area contributed by atoms with Crippen molar-refractivity contribution in [2.45, 2.75) is 47.0 Å². The van der Waals surface area contributed by atoms with Crippen LogP contribution in [0.3, 0.4) is 0 Å². The summed E-state index contributed by atoms with van der Waals surface area (Å²) in [6, 6.07) is 8.45. The van der Waals surface area contributed by atoms with E-state index >= 15 is 0 Å². The van der Waals surface area contributed by atoms with E-state index < -0.39 is 0 Å². The minimum Gasteiger partial charge on any atom is -0.493 e. The van der Waals surface area contributed by atoms with Crippen LogP contribution in [0.25, 0.3) is 0 Å². The smallest absolute Gasteiger partial charge is 0.119 e. The maximum atomic E-state index is 5.99. The molecule has 0 aliphatic heterocycles. The van der Waals surface area contributed by atoms with Gasteiger partial charge >= 0.3 is 0 Å². The Bertz CT molecular complexity index is 398. The number of halogens is 1. The molecule has 0 spiro atoms. The molecule has 0 fully saturated rings. The quantitative estimate of drug-likeness (QED) is 0.671. The number of hydrogen-bond donors (Lipinski definition) is 0. The third kappa shape index (κ3) is 5.18. The summed E-state index contributed by atoms with van der Waals surface area (Å²) >= 11 is 3.59. The fourth-order valence-corrected chi connectivity index (χ4v) is 2.93. The van der Waals surface area contributed by atoms with E-state index in [0.717, 1.165) is 17.7 Å². The molecule has 0 bridgehead atoms. The van der Waals surface area contributed by atoms with Gasteiger partial charge in [0.25, 0.3) is 0 Å². The molecule has 1 rings (SSSR count). The van der Waals surface area contributed by atoms with Crippen molar-refractivity contribution in [3.05, 3.63) is 29.8 Å². The first kappa shape index (κ1) is 16.6. The van der Waals surface area contributed by atoms with Crippen LogP contribution in [0, 0.1) is 11.3 Å². The van der Waals surface area contributed by atoms with Crippen molar-refractivity contribution in [3.8, 4) is 5.75 Å². The van der Waals surface area contributed by atoms with Crippen LogP contribution in [0.5, 0.6) is 5.75 Å². The summed E-state index contributed by atoms with van der Waals surface area (Å²) in [6.45, 7) is 14.2. The zero-order valence-electron chi connectivity index (χ0n) is 13.1. The zero-order valence-corrected chi connectivity index (χ0v) is 14.7. The molecule has 1 aromatic carbocycles. The van der Waals surface area contributed by atoms with Crippen LogP contribution in [0.1, 0.15) is 47.1 Å². The van der Waals surface area contributed by atoms with E-state index in [1.165, 1.54) is 5.56 Å². The first-order valence-corrected chi connectivity index (χ1v) is 8.06. The van der Waals surface area contributed by atoms with Crippen LogP contribution in [0.4, 0.5) is 0 Å². The Labute approximate surface area is 126 Å². The van der Waals surface area contributed by atoms with Crippen molar-refractivity contribution in [3.63, 3.8) is 0 Å². The van der Waals surface area contributed by atoms with Gasteiger partial charge in [-0.1, -0.05) is 69.6 Å². The average molecular weight is 327 g/mol. The average Bonchev–Trinajstić information content (AvgIpc) is 2.27. The highest BCUT2D eigenvalue weighted by Gasteiger charge is 2.24. The van der Waals surface area contributed by atoms with Gasteiger partial charge in [0.2, 0.25) is 0 Å². The monoisotopic (exact) mass is 326 g/mol. The van der Waals surface area contributed by atoms with Gasteiger partial charge in [0.15, 0.2) is 0 Å². The number of ether oxygens (including phenoxy) is 1. The molecule has 2 heteroatoms. The Hall–Kier alpha value is -0.500. The zero-order chi connectivity index (χ0) is 14.7. The fourth-order valence-electron chi connectivity index (χ4n) is 1.78. The third-order valence-electron chi connectivity index (χ3n) is 3.56. The number of rotatable bonds is 4. The minimum atomic E-state index is 0.165. The van der Waals surface area contributed by atoms with E-state index in [1.54, 1.807) is 0 Å². The molecule has 1 aromatic rings. The summed E-state index contributed by atoms with van der Waals surface area (Å²) in [5, 5.41) is 0.968. The molecule has 0 saturated heterocycles. The van der Waals surface area contributed by atoms with E-state index in [1.807, 2.05) is 6.07 Å². The highest BCUT2D eigenvalue weighted by atomic mass is 79.9. The van der Waals surface area contributed by atoms with Crippen LogP contribution in [-0.4, -0.2) is 11.9 Å². The lowest BCUT2D eigenvalue weighted by molar-refractivity contribution is 0.166. The summed E-state index contributed by atoms with van der Waals surface area (Å²) in [6.07, 6.45) is 0. The van der Waals surface area contributed by atoms with Crippen molar-refractivity contribution in [1.29, 1.82) is 0 Å². The van der Waals surface area contributed by atoms with E-state index in [2.05, 4.69) is 75.7 Å². The molecule has 0 radical (unpaired) electrons. The number of alkyl halides is 1. The predicted molar refractivity (Wildman–Crippen MR) is 87.4 cm³/mol. The molecule has 0 N–H and O–H groups in total. The van der Waals surface area contributed by atoms with E-state index in [0.29, 0.717) is 5.92 Å². The summed E-state index contributed by atoms with van der Waals surface area (Å²) in [7, 11) is 0. The molecule has 1 atom stereocenters. The maximum Gasteiger partial charge on any atom is 0.119 e. The Morgan fingerprint density at radius 2 is 1.74 bits per heavy atom. The van der Waals surface area contributed by atoms with Crippen LogP contribution >= 0.6 is 15.9 Å². The van der Waals surface area contributed by atoms with Gasteiger partial charge in [-0.25, -0.2) is 0 Å². The highest BCUT2D eigenvalue weighted by Crippen LogP contribution is 2.29. The van der Waals surface area contributed by atoms with Crippen molar-refractivity contribution < 1.29 is 4.74 Å². The number of hydrogen-bond acceptors (Lipinski definition) is 1. The predicted octanol–water partition coefficient (Wildman–Crippen LogP) is 5.42. The summed E-state index contributed by atoms with van der Waals surface area (Å²) < 4.78 is 5.99. The van der Waals surface area contributed by atoms with Crippen LogP contribution in [0.15, 0.2) is 24.3 Å². The van der Waals surface area contributed by atoms with Gasteiger partial charge in [-0.15, -0.1) is 0 Å². The number of benzene rings is 1. The first-order chi connectivity index (χ1) is 8.64. The molecule has 0 amide bonds. The van der Waals surface area contributed by atoms with Gasteiger partial charge in [-0.2, -0.15) is 0 Å². The molecule has 0 saturated carbocycles. The third-order valence-corrected chi connectivity index (χ3v) is 4.34. The van der Waals surface area contributed by atoms with Crippen molar-refractivity contribution in [2.75, 3.05) is 11.9 Å². The normalized spacial score (nSPS) is 14.3. The Morgan fingerprint density at radius 1 is 1.11 bits per heavy atom. The standard InChI is InChI=1S/C17H27BrO/c1-16(2,3)13-8-7-9-15(10-13)19-12-14(11-18)17(4,5)6/h7-10,14H,11-12H2,1-6H3. The van der Waals surface area contributed by atoms with Gasteiger partial charge in [-0.3, -0.25) is 0 Å². The van der Waals surface area contributed by atoms with E-state index in [-0.39, 0.29) is 10.8 Å². The van der Waals surface area contributed by atoms with Crippen LogP contribution in [-0.2, 0) is 5.41 Å². The molecular formula is C17H27BrO. The maximum absolute atomic E-state index is 5.99. The molecule has 0 heterocycles. The van der Waals surface area contributed by atoms with Crippen molar-refractivity contribution >= 4 is 15.9 Å². The summed E-state index contributed by atoms with van der Waals surface area (Å²) in [5.41, 5.74) is 1.74. The molecule has 108 valence electrons. The van der Waals surface area contributed by atoms with Gasteiger partial charge in [0.05, 0.1) is 6.61 Å². The Kier molecular flexibility index (Phi) is 5.49. The van der Waals surface area contributed by atoms with Crippen molar-refractivity contribution in [1.82, 2.24) is 0 Å². The lowest BCUT2D eigenvalue weighted by Crippen LogP contribution is -2.28. The summed E-state index contributed by atoms with van der Waals surface area (Å²) in [4.78, 5) is 0. The largest absolute Gasteiger partial charge is 0.493 e. The van der Waals surface area contributed by atoms with E-state index in [4.69, 9.17) is 4.74 Å². The van der Waals surface area contributed by atoms with Gasteiger partial charge in [0, 0.05) is 11.2 Å². The second-order valence-electron chi connectivity index (χ2n) is 7.31. The topological polar surface area (TPSA) is 9.23 Å². The second-order valence-corrected chi connectivity index (χ2v) is 7.95. The lowest BCUT2D eigenvalue weighted by atomic mass is 9.83. The van der Waals surface area contributed by atoms with Gasteiger partial charge < -0.3 is 4.74 Å². The molecule has 0 aromatic heterocycles. The highest BCUT2D eigenvalue weighted by molar-refractivity contribution is 9.09. The molecule has 0 aliphatic rings. The molecule has 1 nitrogen and oxygen atoms in total. The lowest BCUT2D eigenvalue weighted by Gasteiger charge is -2.29. The second kappa shape index (κ2) is 6.30. The Morgan fingerprint density at radius 3 is 2.21 bits per heavy atom. The van der Waals surface area contributed by atoms with Gasteiger partial charge in [-0.05, 0) is 28.5 Å². The first-order valence-electron chi connectivity index (χ1n) is 6.94. The minimum absolute atomic E-state index is 0.165. The molecule has 19 heavy (non-hydrogen) atoms. The van der Waals surface area contributed by atoms with Crippen LogP contribution in [0.2, 0.25) is 0 Å². The summed E-state index contributed by atoms with van der Waals surface area (Å²) in [5.74, 6) is 1.48. The van der Waals surface area contributed by atoms with Crippen LogP contribution < -0.4 is 4.74 Å². The van der Waals surface area contributed by atoms with E-state index in [9.17, 15) is 0 Å². The molecule has 1 unspecified atom stereocenters. The molecular weight excluding hydrogens is 300 g/mol. The van der Waals surface area contributed by atoms with Gasteiger partial charge in [0.1, 0.15) is 5.75 Å². The SMILES string of the molecule is CC(C)(C)c1cccc(OCC(CBr)C(C)(C)C)c1. The fraction of sp³-hybridized carbons (Fsp3) is 0.647. The van der Waals surface area contributed by atoms with Crippen molar-refractivity contribution in [2.24, 2.45) is 11.3 Å². The molecule has 0 aliphatic carbocycles. The Balaban J connectivity index is 2.73.